The van der Waals surface area contributed by atoms with Crippen molar-refractivity contribution in [3.63, 3.8) is 0 Å². The van der Waals surface area contributed by atoms with Gasteiger partial charge in [0.15, 0.2) is 6.61 Å². The summed E-state index contributed by atoms with van der Waals surface area (Å²) in [6, 6.07) is 10.3. The molecule has 0 atom stereocenters. The Morgan fingerprint density at radius 3 is 2.42 bits per heavy atom. The largest absolute Gasteiger partial charge is 0.483 e. The number of benzene rings is 2. The van der Waals surface area contributed by atoms with Gasteiger partial charge in [-0.2, -0.15) is 13.2 Å². The second kappa shape index (κ2) is 6.99. The van der Waals surface area contributed by atoms with Crippen LogP contribution < -0.4 is 10.1 Å². The highest BCUT2D eigenvalue weighted by molar-refractivity contribution is 5.91. The Hall–Kier alpha value is -3.10. The SMILES string of the molecule is O=C(COc1ccc([N+](=O)[O-])cc1C(F)(F)F)Nc1ccccc1. The van der Waals surface area contributed by atoms with Crippen molar-refractivity contribution in [1.29, 1.82) is 0 Å². The van der Waals surface area contributed by atoms with Crippen LogP contribution >= 0.6 is 0 Å². The normalized spacial score (nSPS) is 11.0. The van der Waals surface area contributed by atoms with E-state index in [-0.39, 0.29) is 0 Å². The summed E-state index contributed by atoms with van der Waals surface area (Å²) in [4.78, 5) is 21.3. The smallest absolute Gasteiger partial charge is 0.420 e. The minimum atomic E-state index is -4.85. The number of ether oxygens (including phenoxy) is 1. The lowest BCUT2D eigenvalue weighted by molar-refractivity contribution is -0.385. The van der Waals surface area contributed by atoms with E-state index in [1.165, 1.54) is 0 Å². The van der Waals surface area contributed by atoms with Crippen LogP contribution in [0.3, 0.4) is 0 Å². The molecule has 0 aromatic heterocycles. The molecular formula is C15H11F3N2O4. The van der Waals surface area contributed by atoms with Crippen molar-refractivity contribution in [2.75, 3.05) is 11.9 Å². The van der Waals surface area contributed by atoms with E-state index in [0.29, 0.717) is 11.8 Å². The first-order valence-corrected chi connectivity index (χ1v) is 6.60. The summed E-state index contributed by atoms with van der Waals surface area (Å²) in [5.41, 5.74) is -1.57. The van der Waals surface area contributed by atoms with Gasteiger partial charge in [-0.15, -0.1) is 0 Å². The van der Waals surface area contributed by atoms with Crippen molar-refractivity contribution in [3.05, 3.63) is 64.2 Å². The fourth-order valence-corrected chi connectivity index (χ4v) is 1.84. The fraction of sp³-hybridized carbons (Fsp3) is 0.133. The number of nitrogens with one attached hydrogen (secondary N) is 1. The van der Waals surface area contributed by atoms with E-state index in [2.05, 4.69) is 5.32 Å². The molecule has 0 fully saturated rings. The number of nitrogens with zero attached hydrogens (tertiary/aromatic N) is 1. The third-order valence-corrected chi connectivity index (χ3v) is 2.90. The molecule has 0 saturated carbocycles. The molecule has 6 nitrogen and oxygen atoms in total. The molecule has 0 aliphatic heterocycles. The quantitative estimate of drug-likeness (QED) is 0.666. The highest BCUT2D eigenvalue weighted by atomic mass is 19.4. The molecule has 1 amide bonds. The van der Waals surface area contributed by atoms with Crippen molar-refractivity contribution < 1.29 is 27.6 Å². The third kappa shape index (κ3) is 4.45. The molecule has 1 N–H and O–H groups in total. The number of rotatable bonds is 5. The predicted octanol–water partition coefficient (Wildman–Crippen LogP) is 3.63. The van der Waals surface area contributed by atoms with Crippen LogP contribution in [0.15, 0.2) is 48.5 Å². The molecule has 2 aromatic rings. The van der Waals surface area contributed by atoms with Gasteiger partial charge < -0.3 is 10.1 Å². The number of halogens is 3. The second-order valence-corrected chi connectivity index (χ2v) is 4.64. The zero-order valence-electron chi connectivity index (χ0n) is 12.0. The Morgan fingerprint density at radius 2 is 1.83 bits per heavy atom. The van der Waals surface area contributed by atoms with Crippen molar-refractivity contribution in [2.24, 2.45) is 0 Å². The highest BCUT2D eigenvalue weighted by Gasteiger charge is 2.36. The van der Waals surface area contributed by atoms with Gasteiger partial charge in [-0.1, -0.05) is 18.2 Å². The average Bonchev–Trinajstić information content (AvgIpc) is 2.52. The van der Waals surface area contributed by atoms with Gasteiger partial charge in [0.2, 0.25) is 0 Å². The number of hydrogen-bond donors (Lipinski definition) is 1. The first-order valence-electron chi connectivity index (χ1n) is 6.60. The lowest BCUT2D eigenvalue weighted by atomic mass is 10.1. The van der Waals surface area contributed by atoms with Crippen molar-refractivity contribution >= 4 is 17.3 Å². The third-order valence-electron chi connectivity index (χ3n) is 2.90. The maximum Gasteiger partial charge on any atom is 0.420 e. The van der Waals surface area contributed by atoms with Crippen LogP contribution in [0, 0.1) is 10.1 Å². The van der Waals surface area contributed by atoms with Crippen molar-refractivity contribution in [1.82, 2.24) is 0 Å². The van der Waals surface area contributed by atoms with Crippen LogP contribution in [0.4, 0.5) is 24.5 Å². The number of amides is 1. The van der Waals surface area contributed by atoms with Gasteiger partial charge >= 0.3 is 6.18 Å². The summed E-state index contributed by atoms with van der Waals surface area (Å²) in [6.45, 7) is -0.671. The van der Waals surface area contributed by atoms with Gasteiger partial charge in [-0.25, -0.2) is 0 Å². The van der Waals surface area contributed by atoms with Gasteiger partial charge in [0.1, 0.15) is 11.3 Å². The van der Waals surface area contributed by atoms with E-state index < -0.39 is 40.6 Å². The van der Waals surface area contributed by atoms with Crippen molar-refractivity contribution in [2.45, 2.75) is 6.18 Å². The van der Waals surface area contributed by atoms with Gasteiger partial charge in [0.25, 0.3) is 11.6 Å². The Bertz CT molecular complexity index is 748. The van der Waals surface area contributed by atoms with Gasteiger partial charge in [-0.05, 0) is 18.2 Å². The standard InChI is InChI=1S/C15H11F3N2O4/c16-15(17,18)12-8-11(20(22)23)6-7-13(12)24-9-14(21)19-10-4-2-1-3-5-10/h1-8H,9H2,(H,19,21). The molecular weight excluding hydrogens is 329 g/mol. The molecule has 0 saturated heterocycles. The van der Waals surface area contributed by atoms with E-state index in [1.54, 1.807) is 30.3 Å². The molecule has 0 spiro atoms. The summed E-state index contributed by atoms with van der Waals surface area (Å²) in [6.07, 6.45) is -4.85. The van der Waals surface area contributed by atoms with Gasteiger partial charge in [0, 0.05) is 17.8 Å². The monoisotopic (exact) mass is 340 g/mol. The summed E-state index contributed by atoms with van der Waals surface area (Å²) in [5, 5.41) is 13.0. The van der Waals surface area contributed by atoms with Crippen molar-refractivity contribution in [3.8, 4) is 5.75 Å². The average molecular weight is 340 g/mol. The number of hydrogen-bond acceptors (Lipinski definition) is 4. The minimum absolute atomic E-state index is 0.366. The molecule has 0 aliphatic rings. The van der Waals surface area contributed by atoms with E-state index in [4.69, 9.17) is 4.74 Å². The zero-order chi connectivity index (χ0) is 17.7. The Labute approximate surface area is 134 Å². The predicted molar refractivity (Wildman–Crippen MR) is 78.7 cm³/mol. The van der Waals surface area contributed by atoms with Crippen LogP contribution in [0.5, 0.6) is 5.75 Å². The molecule has 0 unspecified atom stereocenters. The Kier molecular flexibility index (Phi) is 5.02. The molecule has 9 heteroatoms. The summed E-state index contributed by atoms with van der Waals surface area (Å²) in [7, 11) is 0. The molecule has 0 heterocycles. The first-order chi connectivity index (χ1) is 11.3. The maximum atomic E-state index is 13.0. The van der Waals surface area contributed by atoms with Crippen LogP contribution in [0.25, 0.3) is 0 Å². The van der Waals surface area contributed by atoms with Gasteiger partial charge in [-0.3, -0.25) is 14.9 Å². The Balaban J connectivity index is 2.11. The van der Waals surface area contributed by atoms with Crippen LogP contribution in [0.2, 0.25) is 0 Å². The number of anilines is 1. The Morgan fingerprint density at radius 1 is 1.17 bits per heavy atom. The number of para-hydroxylation sites is 1. The summed E-state index contributed by atoms with van der Waals surface area (Å²) >= 11 is 0. The number of nitro groups is 1. The summed E-state index contributed by atoms with van der Waals surface area (Å²) < 4.78 is 43.8. The van der Waals surface area contributed by atoms with E-state index in [9.17, 15) is 28.1 Å². The maximum absolute atomic E-state index is 13.0. The number of nitro benzene ring substituents is 1. The minimum Gasteiger partial charge on any atom is -0.483 e. The highest BCUT2D eigenvalue weighted by Crippen LogP contribution is 2.38. The molecule has 0 radical (unpaired) electrons. The van der Waals surface area contributed by atoms with E-state index in [1.807, 2.05) is 0 Å². The molecule has 0 aliphatic carbocycles. The lowest BCUT2D eigenvalue weighted by Gasteiger charge is -2.13. The van der Waals surface area contributed by atoms with Crippen LogP contribution in [-0.2, 0) is 11.0 Å². The van der Waals surface area contributed by atoms with Crippen LogP contribution in [-0.4, -0.2) is 17.4 Å². The number of alkyl halides is 3. The number of non-ortho nitro benzene ring substituents is 1. The molecule has 0 bridgehead atoms. The van der Waals surface area contributed by atoms with Gasteiger partial charge in [0.05, 0.1) is 4.92 Å². The topological polar surface area (TPSA) is 81.5 Å². The number of carbonyl (C=O) groups excluding carboxylic acids is 1. The fourth-order valence-electron chi connectivity index (χ4n) is 1.84. The first kappa shape index (κ1) is 17.3. The lowest BCUT2D eigenvalue weighted by Crippen LogP contribution is -2.21. The second-order valence-electron chi connectivity index (χ2n) is 4.64. The van der Waals surface area contributed by atoms with E-state index >= 15 is 0 Å². The zero-order valence-corrected chi connectivity index (χ0v) is 12.0. The van der Waals surface area contributed by atoms with E-state index in [0.717, 1.165) is 12.1 Å². The molecule has 126 valence electrons. The molecule has 2 aromatic carbocycles. The number of carbonyl (C=O) groups is 1. The summed E-state index contributed by atoms with van der Waals surface area (Å²) in [5.74, 6) is -1.32. The molecule has 24 heavy (non-hydrogen) atoms. The van der Waals surface area contributed by atoms with Crippen LogP contribution in [0.1, 0.15) is 5.56 Å². The molecule has 2 rings (SSSR count).